The number of carbonyl (C=O) groups excluding carboxylic acids is 1. The van der Waals surface area contributed by atoms with E-state index < -0.39 is 0 Å². The normalized spacial score (nSPS) is 10.4. The van der Waals surface area contributed by atoms with Gasteiger partial charge in [0.05, 0.1) is 5.69 Å². The van der Waals surface area contributed by atoms with Gasteiger partial charge in [0, 0.05) is 16.5 Å². The number of rotatable bonds is 4. The number of amides is 1. The zero-order valence-electron chi connectivity index (χ0n) is 11.9. The molecule has 0 atom stereocenters. The number of nitrogens with one attached hydrogen (secondary N) is 1. The fourth-order valence-corrected chi connectivity index (χ4v) is 2.61. The quantitative estimate of drug-likeness (QED) is 0.729. The summed E-state index contributed by atoms with van der Waals surface area (Å²) in [6.45, 7) is 0. The van der Waals surface area contributed by atoms with Gasteiger partial charge in [0.25, 0.3) is 5.91 Å². The van der Waals surface area contributed by atoms with E-state index >= 15 is 0 Å². The largest absolute Gasteiger partial charge is 0.355 e. The smallest absolute Gasteiger partial charge is 0.277 e. The van der Waals surface area contributed by atoms with Crippen molar-refractivity contribution in [1.82, 2.24) is 5.16 Å². The summed E-state index contributed by atoms with van der Waals surface area (Å²) >= 11 is 1.58. The maximum absolute atomic E-state index is 12.3. The Bertz CT molecular complexity index is 784. The van der Waals surface area contributed by atoms with Gasteiger partial charge in [-0.1, -0.05) is 47.6 Å². The summed E-state index contributed by atoms with van der Waals surface area (Å²) in [5, 5.41) is 6.71. The summed E-state index contributed by atoms with van der Waals surface area (Å²) in [5.74, 6) is 0.288. The van der Waals surface area contributed by atoms with E-state index in [-0.39, 0.29) is 11.6 Å². The number of aromatic nitrogens is 1. The number of hydrogen-bond donors (Lipinski definition) is 1. The van der Waals surface area contributed by atoms with Gasteiger partial charge in [-0.15, -0.1) is 11.8 Å². The molecule has 0 unspecified atom stereocenters. The monoisotopic (exact) mass is 310 g/mol. The highest BCUT2D eigenvalue weighted by Crippen LogP contribution is 2.25. The first-order valence-corrected chi connectivity index (χ1v) is 7.97. The standard InChI is InChI=1S/C17H14N2O2S/c1-22-16-10-6-5-9-13(16)18-17(20)14-11-15(21-19-14)12-7-3-2-4-8-12/h2-11H,1H3,(H,18,20). The fourth-order valence-electron chi connectivity index (χ4n) is 2.05. The number of carbonyl (C=O) groups is 1. The van der Waals surface area contributed by atoms with E-state index in [9.17, 15) is 4.79 Å². The molecule has 0 saturated carbocycles. The van der Waals surface area contributed by atoms with Crippen LogP contribution in [0.5, 0.6) is 0 Å². The Morgan fingerprint density at radius 2 is 1.82 bits per heavy atom. The molecule has 3 rings (SSSR count). The third kappa shape index (κ3) is 3.04. The van der Waals surface area contributed by atoms with Crippen molar-refractivity contribution in [3.8, 4) is 11.3 Å². The molecule has 1 heterocycles. The van der Waals surface area contributed by atoms with Gasteiger partial charge in [0.2, 0.25) is 0 Å². The molecule has 0 aliphatic heterocycles. The van der Waals surface area contributed by atoms with E-state index in [0.717, 1.165) is 16.1 Å². The highest BCUT2D eigenvalue weighted by atomic mass is 32.2. The predicted molar refractivity (Wildman–Crippen MR) is 88.1 cm³/mol. The molecule has 0 saturated heterocycles. The summed E-state index contributed by atoms with van der Waals surface area (Å²) in [6.07, 6.45) is 1.97. The maximum Gasteiger partial charge on any atom is 0.277 e. The molecule has 2 aromatic carbocycles. The zero-order valence-corrected chi connectivity index (χ0v) is 12.8. The molecule has 5 heteroatoms. The molecule has 0 bridgehead atoms. The number of thioether (sulfide) groups is 1. The van der Waals surface area contributed by atoms with Crippen LogP contribution in [0.2, 0.25) is 0 Å². The van der Waals surface area contributed by atoms with Gasteiger partial charge < -0.3 is 9.84 Å². The summed E-state index contributed by atoms with van der Waals surface area (Å²) in [7, 11) is 0. The van der Waals surface area contributed by atoms with Crippen LogP contribution in [-0.4, -0.2) is 17.3 Å². The minimum absolute atomic E-state index is 0.259. The summed E-state index contributed by atoms with van der Waals surface area (Å²) in [4.78, 5) is 13.3. The Kier molecular flexibility index (Phi) is 4.25. The van der Waals surface area contributed by atoms with Gasteiger partial charge in [0.15, 0.2) is 11.5 Å². The Balaban J connectivity index is 1.80. The molecule has 110 valence electrons. The van der Waals surface area contributed by atoms with Crippen molar-refractivity contribution in [2.45, 2.75) is 4.90 Å². The molecule has 1 aromatic heterocycles. The highest BCUT2D eigenvalue weighted by Gasteiger charge is 2.14. The first kappa shape index (κ1) is 14.4. The molecular weight excluding hydrogens is 296 g/mol. The molecule has 3 aromatic rings. The van der Waals surface area contributed by atoms with E-state index in [2.05, 4.69) is 10.5 Å². The van der Waals surface area contributed by atoms with Crippen molar-refractivity contribution in [2.75, 3.05) is 11.6 Å². The SMILES string of the molecule is CSc1ccccc1NC(=O)c1cc(-c2ccccc2)on1. The van der Waals surface area contributed by atoms with Crippen molar-refractivity contribution in [3.05, 3.63) is 66.4 Å². The number of nitrogens with zero attached hydrogens (tertiary/aromatic N) is 1. The molecule has 1 amide bonds. The Labute approximate surface area is 132 Å². The van der Waals surface area contributed by atoms with Gasteiger partial charge >= 0.3 is 0 Å². The van der Waals surface area contributed by atoms with E-state index in [1.165, 1.54) is 0 Å². The lowest BCUT2D eigenvalue weighted by molar-refractivity contribution is 0.101. The molecule has 0 aliphatic carbocycles. The highest BCUT2D eigenvalue weighted by molar-refractivity contribution is 7.98. The van der Waals surface area contributed by atoms with Gasteiger partial charge in [-0.05, 0) is 18.4 Å². The van der Waals surface area contributed by atoms with Crippen LogP contribution in [0, 0.1) is 0 Å². The summed E-state index contributed by atoms with van der Waals surface area (Å²) in [6, 6.07) is 18.8. The fraction of sp³-hybridized carbons (Fsp3) is 0.0588. The Morgan fingerprint density at radius 3 is 2.59 bits per heavy atom. The molecular formula is C17H14N2O2S. The van der Waals surface area contributed by atoms with E-state index in [4.69, 9.17) is 4.52 Å². The third-order valence-corrected chi connectivity index (χ3v) is 3.95. The summed E-state index contributed by atoms with van der Waals surface area (Å²) < 4.78 is 5.25. The van der Waals surface area contributed by atoms with Crippen LogP contribution in [-0.2, 0) is 0 Å². The topological polar surface area (TPSA) is 55.1 Å². The minimum Gasteiger partial charge on any atom is -0.355 e. The van der Waals surface area contributed by atoms with E-state index in [0.29, 0.717) is 5.76 Å². The van der Waals surface area contributed by atoms with Crippen molar-refractivity contribution >= 4 is 23.4 Å². The van der Waals surface area contributed by atoms with Gasteiger partial charge in [-0.2, -0.15) is 0 Å². The molecule has 22 heavy (non-hydrogen) atoms. The lowest BCUT2D eigenvalue weighted by Gasteiger charge is -2.07. The lowest BCUT2D eigenvalue weighted by Crippen LogP contribution is -2.12. The average molecular weight is 310 g/mol. The van der Waals surface area contributed by atoms with Gasteiger partial charge in [-0.25, -0.2) is 0 Å². The van der Waals surface area contributed by atoms with Crippen LogP contribution in [0.4, 0.5) is 5.69 Å². The number of anilines is 1. The van der Waals surface area contributed by atoms with Crippen molar-refractivity contribution in [3.63, 3.8) is 0 Å². The van der Waals surface area contributed by atoms with Gasteiger partial charge in [-0.3, -0.25) is 4.79 Å². The molecule has 0 fully saturated rings. The lowest BCUT2D eigenvalue weighted by atomic mass is 10.1. The van der Waals surface area contributed by atoms with E-state index in [1.807, 2.05) is 60.9 Å². The first-order chi connectivity index (χ1) is 10.8. The maximum atomic E-state index is 12.3. The minimum atomic E-state index is -0.285. The number of para-hydroxylation sites is 1. The molecule has 0 aliphatic rings. The number of benzene rings is 2. The van der Waals surface area contributed by atoms with Crippen LogP contribution in [0.3, 0.4) is 0 Å². The van der Waals surface area contributed by atoms with Crippen LogP contribution < -0.4 is 5.32 Å². The van der Waals surface area contributed by atoms with Crippen LogP contribution in [0.1, 0.15) is 10.5 Å². The van der Waals surface area contributed by atoms with Crippen molar-refractivity contribution < 1.29 is 9.32 Å². The average Bonchev–Trinajstić information content (AvgIpc) is 3.06. The second kappa shape index (κ2) is 6.49. The molecule has 4 nitrogen and oxygen atoms in total. The van der Waals surface area contributed by atoms with Crippen molar-refractivity contribution in [1.29, 1.82) is 0 Å². The Hall–Kier alpha value is -2.53. The van der Waals surface area contributed by atoms with E-state index in [1.54, 1.807) is 17.8 Å². The summed E-state index contributed by atoms with van der Waals surface area (Å²) in [5.41, 5.74) is 1.91. The van der Waals surface area contributed by atoms with Gasteiger partial charge in [0.1, 0.15) is 0 Å². The predicted octanol–water partition coefficient (Wildman–Crippen LogP) is 4.32. The number of hydrogen-bond acceptors (Lipinski definition) is 4. The second-order valence-corrected chi connectivity index (χ2v) is 5.44. The first-order valence-electron chi connectivity index (χ1n) is 6.74. The zero-order chi connectivity index (χ0) is 15.4. The molecule has 1 N–H and O–H groups in total. The molecule has 0 spiro atoms. The Morgan fingerprint density at radius 1 is 1.09 bits per heavy atom. The van der Waals surface area contributed by atoms with Crippen LogP contribution >= 0.6 is 11.8 Å². The molecule has 0 radical (unpaired) electrons. The van der Waals surface area contributed by atoms with Crippen molar-refractivity contribution in [2.24, 2.45) is 0 Å². The second-order valence-electron chi connectivity index (χ2n) is 4.60. The van der Waals surface area contributed by atoms with Crippen LogP contribution in [0.15, 0.2) is 70.1 Å². The third-order valence-electron chi connectivity index (χ3n) is 3.16. The van der Waals surface area contributed by atoms with Crippen LogP contribution in [0.25, 0.3) is 11.3 Å².